The molecule has 20 heavy (non-hydrogen) atoms. The van der Waals surface area contributed by atoms with Gasteiger partial charge < -0.3 is 10.5 Å². The summed E-state index contributed by atoms with van der Waals surface area (Å²) in [6.45, 7) is 2.60. The zero-order valence-electron chi connectivity index (χ0n) is 11.4. The van der Waals surface area contributed by atoms with Gasteiger partial charge in [-0.25, -0.2) is 9.97 Å². The second-order valence-corrected chi connectivity index (χ2v) is 5.59. The van der Waals surface area contributed by atoms with Crippen molar-refractivity contribution in [2.45, 2.75) is 22.9 Å². The SMILES string of the molecule is CCOc1ccnc(CSc2nc(N)cc(SC)n2)c1. The number of thioether (sulfide) groups is 2. The Morgan fingerprint density at radius 2 is 2.15 bits per heavy atom. The lowest BCUT2D eigenvalue weighted by molar-refractivity contribution is 0.339. The minimum Gasteiger partial charge on any atom is -0.494 e. The monoisotopic (exact) mass is 308 g/mol. The zero-order chi connectivity index (χ0) is 14.4. The Morgan fingerprint density at radius 3 is 2.90 bits per heavy atom. The van der Waals surface area contributed by atoms with Crippen molar-refractivity contribution in [3.05, 3.63) is 30.1 Å². The molecule has 0 spiro atoms. The molecule has 5 nitrogen and oxygen atoms in total. The van der Waals surface area contributed by atoms with Gasteiger partial charge in [0, 0.05) is 24.1 Å². The Kier molecular flexibility index (Phi) is 5.49. The fraction of sp³-hybridized carbons (Fsp3) is 0.308. The third-order valence-corrected chi connectivity index (χ3v) is 3.87. The number of ether oxygens (including phenoxy) is 1. The van der Waals surface area contributed by atoms with E-state index >= 15 is 0 Å². The van der Waals surface area contributed by atoms with Crippen LogP contribution in [0, 0.1) is 0 Å². The van der Waals surface area contributed by atoms with Crippen molar-refractivity contribution >= 4 is 29.3 Å². The van der Waals surface area contributed by atoms with E-state index in [9.17, 15) is 0 Å². The number of pyridine rings is 1. The summed E-state index contributed by atoms with van der Waals surface area (Å²) in [5.74, 6) is 2.00. The van der Waals surface area contributed by atoms with Gasteiger partial charge in [-0.2, -0.15) is 0 Å². The van der Waals surface area contributed by atoms with Crippen LogP contribution in [0.2, 0.25) is 0 Å². The van der Waals surface area contributed by atoms with Crippen molar-refractivity contribution in [2.75, 3.05) is 18.6 Å². The summed E-state index contributed by atoms with van der Waals surface area (Å²) >= 11 is 3.06. The maximum absolute atomic E-state index is 5.75. The van der Waals surface area contributed by atoms with Gasteiger partial charge in [0.2, 0.25) is 0 Å². The van der Waals surface area contributed by atoms with E-state index in [0.29, 0.717) is 23.3 Å². The molecule has 0 radical (unpaired) electrons. The lowest BCUT2D eigenvalue weighted by Gasteiger charge is -2.06. The van der Waals surface area contributed by atoms with E-state index in [4.69, 9.17) is 10.5 Å². The lowest BCUT2D eigenvalue weighted by Crippen LogP contribution is -1.97. The Morgan fingerprint density at radius 1 is 1.30 bits per heavy atom. The Balaban J connectivity index is 2.04. The molecule has 2 aromatic rings. The first-order valence-electron chi connectivity index (χ1n) is 6.10. The number of nitrogens with two attached hydrogens (primary N) is 1. The summed E-state index contributed by atoms with van der Waals surface area (Å²) < 4.78 is 5.45. The Labute approximate surface area is 126 Å². The fourth-order valence-corrected chi connectivity index (χ4v) is 2.76. The highest BCUT2D eigenvalue weighted by Gasteiger charge is 2.05. The molecular formula is C13H16N4OS2. The lowest BCUT2D eigenvalue weighted by atomic mass is 10.3. The van der Waals surface area contributed by atoms with E-state index in [1.165, 1.54) is 11.8 Å². The van der Waals surface area contributed by atoms with E-state index < -0.39 is 0 Å². The third kappa shape index (κ3) is 4.28. The van der Waals surface area contributed by atoms with Crippen molar-refractivity contribution in [3.8, 4) is 5.75 Å². The molecule has 0 saturated heterocycles. The van der Waals surface area contributed by atoms with Crippen LogP contribution in [0.1, 0.15) is 12.6 Å². The van der Waals surface area contributed by atoms with Gasteiger partial charge >= 0.3 is 0 Å². The predicted octanol–water partition coefficient (Wildman–Crippen LogP) is 2.87. The average Bonchev–Trinajstić information content (AvgIpc) is 2.45. The van der Waals surface area contributed by atoms with E-state index in [1.54, 1.807) is 24.0 Å². The summed E-state index contributed by atoms with van der Waals surface area (Å²) in [5, 5.41) is 1.54. The molecular weight excluding hydrogens is 292 g/mol. The van der Waals surface area contributed by atoms with Crippen molar-refractivity contribution in [3.63, 3.8) is 0 Å². The standard InChI is InChI=1S/C13H16N4OS2/c1-3-18-10-4-5-15-9(6-10)8-20-13-16-11(14)7-12(17-13)19-2/h4-7H,3,8H2,1-2H3,(H2,14,16,17). The van der Waals surface area contributed by atoms with Gasteiger partial charge in [-0.1, -0.05) is 11.8 Å². The number of aromatic nitrogens is 3. The largest absolute Gasteiger partial charge is 0.494 e. The van der Waals surface area contributed by atoms with Gasteiger partial charge in [0.15, 0.2) is 5.16 Å². The van der Waals surface area contributed by atoms with Crippen LogP contribution in [-0.2, 0) is 5.75 Å². The first-order chi connectivity index (χ1) is 9.71. The second kappa shape index (κ2) is 7.35. The van der Waals surface area contributed by atoms with Gasteiger partial charge in [0.25, 0.3) is 0 Å². The van der Waals surface area contributed by atoms with Gasteiger partial charge in [-0.3, -0.25) is 4.98 Å². The molecule has 2 heterocycles. The Hall–Kier alpha value is -1.47. The van der Waals surface area contributed by atoms with Gasteiger partial charge in [-0.15, -0.1) is 11.8 Å². The highest BCUT2D eigenvalue weighted by molar-refractivity contribution is 7.99. The molecule has 2 aromatic heterocycles. The number of nitrogen functional groups attached to an aromatic ring is 1. The molecule has 0 amide bonds. The molecule has 7 heteroatoms. The summed E-state index contributed by atoms with van der Waals surface area (Å²) in [4.78, 5) is 12.9. The number of anilines is 1. The smallest absolute Gasteiger partial charge is 0.190 e. The summed E-state index contributed by atoms with van der Waals surface area (Å²) in [5.41, 5.74) is 6.68. The molecule has 106 valence electrons. The predicted molar refractivity (Wildman–Crippen MR) is 83.2 cm³/mol. The molecule has 0 unspecified atom stereocenters. The molecule has 0 aliphatic carbocycles. The number of nitrogens with zero attached hydrogens (tertiary/aromatic N) is 3. The van der Waals surface area contributed by atoms with Crippen LogP contribution in [0.25, 0.3) is 0 Å². The van der Waals surface area contributed by atoms with Crippen LogP contribution in [-0.4, -0.2) is 27.8 Å². The molecule has 2 rings (SSSR count). The van der Waals surface area contributed by atoms with Crippen molar-refractivity contribution in [1.29, 1.82) is 0 Å². The minimum atomic E-state index is 0.489. The first kappa shape index (κ1) is 14.9. The molecule has 0 aromatic carbocycles. The van der Waals surface area contributed by atoms with Gasteiger partial charge in [0.05, 0.1) is 12.3 Å². The van der Waals surface area contributed by atoms with Crippen LogP contribution >= 0.6 is 23.5 Å². The molecule has 0 atom stereocenters. The highest BCUT2D eigenvalue weighted by Crippen LogP contribution is 2.23. The van der Waals surface area contributed by atoms with E-state index in [2.05, 4.69) is 15.0 Å². The number of rotatable bonds is 6. The van der Waals surface area contributed by atoms with Crippen LogP contribution in [0.3, 0.4) is 0 Å². The molecule has 0 saturated carbocycles. The van der Waals surface area contributed by atoms with E-state index in [-0.39, 0.29) is 0 Å². The summed E-state index contributed by atoms with van der Waals surface area (Å²) in [6.07, 6.45) is 3.71. The van der Waals surface area contributed by atoms with Crippen LogP contribution in [0.15, 0.2) is 34.6 Å². The summed E-state index contributed by atoms with van der Waals surface area (Å²) in [6, 6.07) is 5.54. The topological polar surface area (TPSA) is 73.9 Å². The molecule has 0 fully saturated rings. The maximum Gasteiger partial charge on any atom is 0.190 e. The van der Waals surface area contributed by atoms with Crippen LogP contribution in [0.5, 0.6) is 5.75 Å². The minimum absolute atomic E-state index is 0.489. The number of hydrogen-bond acceptors (Lipinski definition) is 7. The Bertz CT molecular complexity index is 580. The highest BCUT2D eigenvalue weighted by atomic mass is 32.2. The number of hydrogen-bond donors (Lipinski definition) is 1. The second-order valence-electron chi connectivity index (χ2n) is 3.82. The van der Waals surface area contributed by atoms with Crippen molar-refractivity contribution in [2.24, 2.45) is 0 Å². The fourth-order valence-electron chi connectivity index (χ4n) is 1.52. The van der Waals surface area contributed by atoms with Crippen molar-refractivity contribution in [1.82, 2.24) is 15.0 Å². The van der Waals surface area contributed by atoms with E-state index in [1.807, 2.05) is 25.3 Å². The quantitative estimate of drug-likeness (QED) is 0.499. The molecule has 0 aliphatic heterocycles. The van der Waals surface area contributed by atoms with Gasteiger partial charge in [-0.05, 0) is 19.2 Å². The summed E-state index contributed by atoms with van der Waals surface area (Å²) in [7, 11) is 0. The van der Waals surface area contributed by atoms with Gasteiger partial charge in [0.1, 0.15) is 16.6 Å². The molecule has 0 aliphatic rings. The van der Waals surface area contributed by atoms with Crippen LogP contribution in [0.4, 0.5) is 5.82 Å². The zero-order valence-corrected chi connectivity index (χ0v) is 13.0. The molecule has 2 N–H and O–H groups in total. The van der Waals surface area contributed by atoms with Crippen molar-refractivity contribution < 1.29 is 4.74 Å². The maximum atomic E-state index is 5.75. The van der Waals surface area contributed by atoms with E-state index in [0.717, 1.165) is 16.5 Å². The average molecular weight is 308 g/mol. The van der Waals surface area contributed by atoms with Crippen LogP contribution < -0.4 is 10.5 Å². The first-order valence-corrected chi connectivity index (χ1v) is 8.31. The third-order valence-electron chi connectivity index (χ3n) is 2.36. The molecule has 0 bridgehead atoms. The normalized spacial score (nSPS) is 10.5.